The fraction of sp³-hybridized carbons (Fsp3) is 0.647. The Labute approximate surface area is 148 Å². The summed E-state index contributed by atoms with van der Waals surface area (Å²) in [6, 6.07) is 0. The van der Waals surface area contributed by atoms with Gasteiger partial charge in [0.2, 0.25) is 5.91 Å². The standard InChI is InChI=1S/C17H27N7O/c1-4-23(5-2)15(25)12-22-7-6-8-24(10-9-22)17-14-11-20-21(3)16(14)18-13-19-17/h11,13H,4-10,12H2,1-3H3. The number of carbonyl (C=O) groups excluding carboxylic acids is 1. The lowest BCUT2D eigenvalue weighted by Crippen LogP contribution is -2.41. The number of aryl methyl sites for hydroxylation is 1. The number of likely N-dealkylation sites (N-methyl/N-ethyl adjacent to an activating group) is 1. The average Bonchev–Trinajstić information content (AvgIpc) is 2.85. The maximum absolute atomic E-state index is 12.4. The first-order valence-electron chi connectivity index (χ1n) is 9.01. The van der Waals surface area contributed by atoms with Crippen molar-refractivity contribution in [3.63, 3.8) is 0 Å². The Bertz CT molecular complexity index is 725. The third-order valence-corrected chi connectivity index (χ3v) is 4.87. The number of carbonyl (C=O) groups is 1. The summed E-state index contributed by atoms with van der Waals surface area (Å²) in [5.41, 5.74) is 0.850. The molecule has 1 saturated heterocycles. The van der Waals surface area contributed by atoms with Crippen LogP contribution in [0.3, 0.4) is 0 Å². The molecule has 0 aliphatic carbocycles. The number of fused-ring (bicyclic) bond motifs is 1. The first-order chi connectivity index (χ1) is 12.1. The van der Waals surface area contributed by atoms with Crippen molar-refractivity contribution < 1.29 is 4.79 Å². The monoisotopic (exact) mass is 345 g/mol. The summed E-state index contributed by atoms with van der Waals surface area (Å²) >= 11 is 0. The van der Waals surface area contributed by atoms with Gasteiger partial charge in [0.1, 0.15) is 12.1 Å². The molecule has 3 heterocycles. The third-order valence-electron chi connectivity index (χ3n) is 4.87. The lowest BCUT2D eigenvalue weighted by Gasteiger charge is -2.25. The normalized spacial score (nSPS) is 16.2. The van der Waals surface area contributed by atoms with E-state index in [9.17, 15) is 4.79 Å². The van der Waals surface area contributed by atoms with E-state index in [1.54, 1.807) is 11.0 Å². The number of aromatic nitrogens is 4. The van der Waals surface area contributed by atoms with Crippen LogP contribution in [0, 0.1) is 0 Å². The molecule has 0 atom stereocenters. The second-order valence-electron chi connectivity index (χ2n) is 6.39. The Balaban J connectivity index is 1.68. The van der Waals surface area contributed by atoms with Crippen LogP contribution in [0.2, 0.25) is 0 Å². The van der Waals surface area contributed by atoms with Gasteiger partial charge in [-0.25, -0.2) is 9.97 Å². The highest BCUT2D eigenvalue weighted by atomic mass is 16.2. The summed E-state index contributed by atoms with van der Waals surface area (Å²) in [5.74, 6) is 1.16. The molecule has 0 aromatic carbocycles. The zero-order valence-corrected chi connectivity index (χ0v) is 15.4. The van der Waals surface area contributed by atoms with Gasteiger partial charge in [-0.2, -0.15) is 5.10 Å². The van der Waals surface area contributed by atoms with Crippen LogP contribution in [0.4, 0.5) is 5.82 Å². The Hall–Kier alpha value is -2.22. The van der Waals surface area contributed by atoms with Crippen LogP contribution in [0.5, 0.6) is 0 Å². The molecular formula is C17H27N7O. The number of amides is 1. The van der Waals surface area contributed by atoms with Crippen LogP contribution in [0.15, 0.2) is 12.5 Å². The first-order valence-corrected chi connectivity index (χ1v) is 9.01. The zero-order chi connectivity index (χ0) is 17.8. The van der Waals surface area contributed by atoms with Crippen molar-refractivity contribution in [2.45, 2.75) is 20.3 Å². The van der Waals surface area contributed by atoms with E-state index in [1.807, 2.05) is 32.0 Å². The first kappa shape index (κ1) is 17.6. The second kappa shape index (κ2) is 7.77. The Morgan fingerprint density at radius 1 is 1.16 bits per heavy atom. The maximum atomic E-state index is 12.4. The molecule has 1 amide bonds. The highest BCUT2D eigenvalue weighted by molar-refractivity contribution is 5.86. The second-order valence-corrected chi connectivity index (χ2v) is 6.39. The highest BCUT2D eigenvalue weighted by Gasteiger charge is 2.21. The van der Waals surface area contributed by atoms with Crippen molar-refractivity contribution >= 4 is 22.8 Å². The van der Waals surface area contributed by atoms with Crippen molar-refractivity contribution in [1.29, 1.82) is 0 Å². The zero-order valence-electron chi connectivity index (χ0n) is 15.4. The fourth-order valence-corrected chi connectivity index (χ4v) is 3.41. The van der Waals surface area contributed by atoms with Gasteiger partial charge < -0.3 is 9.80 Å². The third kappa shape index (κ3) is 3.73. The van der Waals surface area contributed by atoms with E-state index in [-0.39, 0.29) is 5.91 Å². The van der Waals surface area contributed by atoms with E-state index >= 15 is 0 Å². The average molecular weight is 345 g/mol. The van der Waals surface area contributed by atoms with Crippen molar-refractivity contribution in [3.8, 4) is 0 Å². The molecule has 0 saturated carbocycles. The summed E-state index contributed by atoms with van der Waals surface area (Å²) in [6.45, 7) is 9.68. The van der Waals surface area contributed by atoms with Crippen LogP contribution >= 0.6 is 0 Å². The van der Waals surface area contributed by atoms with Crippen molar-refractivity contribution in [3.05, 3.63) is 12.5 Å². The van der Waals surface area contributed by atoms with Gasteiger partial charge in [-0.1, -0.05) is 0 Å². The molecule has 2 aromatic rings. The molecule has 0 spiro atoms. The quantitative estimate of drug-likeness (QED) is 0.796. The van der Waals surface area contributed by atoms with E-state index in [0.29, 0.717) is 6.54 Å². The van der Waals surface area contributed by atoms with Crippen LogP contribution < -0.4 is 4.90 Å². The van der Waals surface area contributed by atoms with Crippen molar-refractivity contribution in [2.24, 2.45) is 7.05 Å². The SMILES string of the molecule is CCN(CC)C(=O)CN1CCCN(c2ncnc3c2cnn3C)CC1. The lowest BCUT2D eigenvalue weighted by molar-refractivity contribution is -0.132. The molecule has 0 unspecified atom stereocenters. The van der Waals surface area contributed by atoms with Gasteiger partial charge in [0.25, 0.3) is 0 Å². The molecule has 1 aliphatic rings. The van der Waals surface area contributed by atoms with Crippen LogP contribution in [-0.2, 0) is 11.8 Å². The highest BCUT2D eigenvalue weighted by Crippen LogP contribution is 2.23. The number of hydrogen-bond donors (Lipinski definition) is 0. The van der Waals surface area contributed by atoms with E-state index in [1.165, 1.54) is 0 Å². The number of nitrogens with zero attached hydrogens (tertiary/aromatic N) is 7. The molecule has 25 heavy (non-hydrogen) atoms. The largest absolute Gasteiger partial charge is 0.355 e. The van der Waals surface area contributed by atoms with Crippen molar-refractivity contribution in [2.75, 3.05) is 50.7 Å². The minimum absolute atomic E-state index is 0.218. The van der Waals surface area contributed by atoms with E-state index in [4.69, 9.17) is 0 Å². The Morgan fingerprint density at radius 2 is 1.96 bits per heavy atom. The summed E-state index contributed by atoms with van der Waals surface area (Å²) in [7, 11) is 1.89. The van der Waals surface area contributed by atoms with Gasteiger partial charge >= 0.3 is 0 Å². The summed E-state index contributed by atoms with van der Waals surface area (Å²) in [6.07, 6.45) is 4.44. The lowest BCUT2D eigenvalue weighted by atomic mass is 10.3. The predicted octanol–water partition coefficient (Wildman–Crippen LogP) is 0.744. The Morgan fingerprint density at radius 3 is 2.72 bits per heavy atom. The predicted molar refractivity (Wildman–Crippen MR) is 97.5 cm³/mol. The van der Waals surface area contributed by atoms with Crippen LogP contribution in [-0.4, -0.2) is 81.3 Å². The molecule has 0 N–H and O–H groups in total. The fourth-order valence-electron chi connectivity index (χ4n) is 3.41. The molecule has 0 radical (unpaired) electrons. The minimum Gasteiger partial charge on any atom is -0.355 e. The summed E-state index contributed by atoms with van der Waals surface area (Å²) < 4.78 is 1.77. The minimum atomic E-state index is 0.218. The molecule has 3 rings (SSSR count). The van der Waals surface area contributed by atoms with E-state index < -0.39 is 0 Å². The molecule has 1 fully saturated rings. The molecule has 1 aliphatic heterocycles. The van der Waals surface area contributed by atoms with Gasteiger partial charge in [-0.3, -0.25) is 14.4 Å². The van der Waals surface area contributed by atoms with Crippen molar-refractivity contribution in [1.82, 2.24) is 29.5 Å². The van der Waals surface area contributed by atoms with Gasteiger partial charge in [0.15, 0.2) is 5.65 Å². The smallest absolute Gasteiger partial charge is 0.236 e. The molecular weight excluding hydrogens is 318 g/mol. The van der Waals surface area contributed by atoms with Gasteiger partial charge in [-0.15, -0.1) is 0 Å². The molecule has 0 bridgehead atoms. The van der Waals surface area contributed by atoms with E-state index in [0.717, 1.165) is 62.5 Å². The summed E-state index contributed by atoms with van der Waals surface area (Å²) in [5, 5.41) is 5.28. The number of anilines is 1. The van der Waals surface area contributed by atoms with Gasteiger partial charge in [0.05, 0.1) is 18.1 Å². The Kier molecular flexibility index (Phi) is 5.47. The number of rotatable bonds is 5. The van der Waals surface area contributed by atoms with Crippen LogP contribution in [0.1, 0.15) is 20.3 Å². The van der Waals surface area contributed by atoms with Crippen LogP contribution in [0.25, 0.3) is 11.0 Å². The molecule has 2 aromatic heterocycles. The maximum Gasteiger partial charge on any atom is 0.236 e. The molecule has 8 heteroatoms. The molecule has 8 nitrogen and oxygen atoms in total. The topological polar surface area (TPSA) is 70.4 Å². The van der Waals surface area contributed by atoms with Gasteiger partial charge in [-0.05, 0) is 20.3 Å². The summed E-state index contributed by atoms with van der Waals surface area (Å²) in [4.78, 5) is 27.6. The van der Waals surface area contributed by atoms with Gasteiger partial charge in [0, 0.05) is 46.3 Å². The van der Waals surface area contributed by atoms with E-state index in [2.05, 4.69) is 24.9 Å². The number of hydrogen-bond acceptors (Lipinski definition) is 6. The molecule has 136 valence electrons.